The standard InChI is InChI=1S/C18H22N2O3/c1-12-6-8-15(9-7-12)16(20-14(3)21)11-18(22)19-13(2)17-5-4-10-23-17/h4-10,13,16H,11H2,1-3H3,(H,19,22)(H,20,21)/t13-,16+/m1/s1. The van der Waals surface area contributed by atoms with Crippen molar-refractivity contribution in [2.24, 2.45) is 0 Å². The predicted molar refractivity (Wildman–Crippen MR) is 87.6 cm³/mol. The third-order valence-electron chi connectivity index (χ3n) is 3.59. The Morgan fingerprint density at radius 2 is 1.83 bits per heavy atom. The zero-order chi connectivity index (χ0) is 16.8. The summed E-state index contributed by atoms with van der Waals surface area (Å²) in [5, 5.41) is 5.71. The van der Waals surface area contributed by atoms with E-state index in [1.54, 1.807) is 12.3 Å². The van der Waals surface area contributed by atoms with E-state index in [-0.39, 0.29) is 30.3 Å². The minimum absolute atomic E-state index is 0.145. The van der Waals surface area contributed by atoms with Crippen molar-refractivity contribution in [3.63, 3.8) is 0 Å². The molecule has 1 heterocycles. The average molecular weight is 314 g/mol. The van der Waals surface area contributed by atoms with Crippen LogP contribution in [0.15, 0.2) is 47.1 Å². The Morgan fingerprint density at radius 1 is 1.13 bits per heavy atom. The molecule has 0 saturated heterocycles. The molecule has 5 nitrogen and oxygen atoms in total. The van der Waals surface area contributed by atoms with Gasteiger partial charge >= 0.3 is 0 Å². The van der Waals surface area contributed by atoms with Crippen LogP contribution in [0.25, 0.3) is 0 Å². The molecule has 23 heavy (non-hydrogen) atoms. The fourth-order valence-electron chi connectivity index (χ4n) is 2.39. The van der Waals surface area contributed by atoms with E-state index in [0.717, 1.165) is 11.1 Å². The van der Waals surface area contributed by atoms with Gasteiger partial charge in [-0.05, 0) is 31.5 Å². The lowest BCUT2D eigenvalue weighted by Crippen LogP contribution is -2.33. The summed E-state index contributed by atoms with van der Waals surface area (Å²) >= 11 is 0. The number of rotatable bonds is 6. The Kier molecular flexibility index (Phi) is 5.57. The number of benzene rings is 1. The summed E-state index contributed by atoms with van der Waals surface area (Å²) in [7, 11) is 0. The van der Waals surface area contributed by atoms with E-state index in [0.29, 0.717) is 5.76 Å². The summed E-state index contributed by atoms with van der Waals surface area (Å²) in [5.74, 6) is 0.389. The number of hydrogen-bond acceptors (Lipinski definition) is 3. The highest BCUT2D eigenvalue weighted by molar-refractivity contribution is 5.79. The molecular formula is C18H22N2O3. The molecule has 0 aliphatic heterocycles. The number of hydrogen-bond donors (Lipinski definition) is 2. The summed E-state index contributed by atoms with van der Waals surface area (Å²) < 4.78 is 5.28. The van der Waals surface area contributed by atoms with Gasteiger partial charge in [-0.15, -0.1) is 0 Å². The number of furan rings is 1. The van der Waals surface area contributed by atoms with E-state index in [2.05, 4.69) is 10.6 Å². The van der Waals surface area contributed by atoms with E-state index in [1.165, 1.54) is 6.92 Å². The van der Waals surface area contributed by atoms with E-state index in [4.69, 9.17) is 4.42 Å². The molecule has 1 aromatic carbocycles. The van der Waals surface area contributed by atoms with Crippen molar-refractivity contribution in [3.05, 3.63) is 59.5 Å². The molecule has 0 unspecified atom stereocenters. The molecule has 2 rings (SSSR count). The number of carbonyl (C=O) groups excluding carboxylic acids is 2. The smallest absolute Gasteiger partial charge is 0.222 e. The van der Waals surface area contributed by atoms with Crippen molar-refractivity contribution in [2.75, 3.05) is 0 Å². The van der Waals surface area contributed by atoms with Gasteiger partial charge in [0.2, 0.25) is 11.8 Å². The van der Waals surface area contributed by atoms with E-state index < -0.39 is 0 Å². The molecule has 0 bridgehead atoms. The van der Waals surface area contributed by atoms with Crippen molar-refractivity contribution in [3.8, 4) is 0 Å². The van der Waals surface area contributed by atoms with Gasteiger partial charge in [0.15, 0.2) is 0 Å². The third-order valence-corrected chi connectivity index (χ3v) is 3.59. The van der Waals surface area contributed by atoms with Gasteiger partial charge in [-0.1, -0.05) is 29.8 Å². The Labute approximate surface area is 136 Å². The molecule has 0 aliphatic rings. The van der Waals surface area contributed by atoms with E-state index in [9.17, 15) is 9.59 Å². The second kappa shape index (κ2) is 7.63. The molecule has 0 saturated carbocycles. The first-order chi connectivity index (χ1) is 11.0. The van der Waals surface area contributed by atoms with Crippen LogP contribution >= 0.6 is 0 Å². The van der Waals surface area contributed by atoms with Crippen LogP contribution in [-0.2, 0) is 9.59 Å². The Morgan fingerprint density at radius 3 is 2.39 bits per heavy atom. The summed E-state index contributed by atoms with van der Waals surface area (Å²) in [6.07, 6.45) is 1.75. The third kappa shape index (κ3) is 4.98. The molecule has 2 atom stereocenters. The predicted octanol–water partition coefficient (Wildman–Crippen LogP) is 3.03. The number of aryl methyl sites for hydroxylation is 1. The van der Waals surface area contributed by atoms with Crippen molar-refractivity contribution < 1.29 is 14.0 Å². The lowest BCUT2D eigenvalue weighted by molar-refractivity contribution is -0.123. The normalized spacial score (nSPS) is 13.2. The van der Waals surface area contributed by atoms with Crippen molar-refractivity contribution in [1.82, 2.24) is 10.6 Å². The molecule has 2 N–H and O–H groups in total. The lowest BCUT2D eigenvalue weighted by Gasteiger charge is -2.19. The summed E-state index contributed by atoms with van der Waals surface area (Å²) in [5.41, 5.74) is 2.04. The molecule has 0 radical (unpaired) electrons. The fourth-order valence-corrected chi connectivity index (χ4v) is 2.39. The fraction of sp³-hybridized carbons (Fsp3) is 0.333. The van der Waals surface area contributed by atoms with Gasteiger partial charge in [-0.2, -0.15) is 0 Å². The van der Waals surface area contributed by atoms with Crippen LogP contribution < -0.4 is 10.6 Å². The van der Waals surface area contributed by atoms with Crippen molar-refractivity contribution >= 4 is 11.8 Å². The van der Waals surface area contributed by atoms with Gasteiger partial charge in [-0.3, -0.25) is 9.59 Å². The van der Waals surface area contributed by atoms with Gasteiger partial charge in [-0.25, -0.2) is 0 Å². The quantitative estimate of drug-likeness (QED) is 0.861. The molecule has 122 valence electrons. The molecule has 0 spiro atoms. The molecule has 5 heteroatoms. The maximum atomic E-state index is 12.3. The first kappa shape index (κ1) is 16.8. The maximum absolute atomic E-state index is 12.3. The SMILES string of the molecule is CC(=O)N[C@@H](CC(=O)N[C@H](C)c1ccco1)c1ccc(C)cc1. The highest BCUT2D eigenvalue weighted by Crippen LogP contribution is 2.19. The first-order valence-corrected chi connectivity index (χ1v) is 7.62. The summed E-state index contributed by atoms with van der Waals surface area (Å²) in [6.45, 7) is 5.30. The topological polar surface area (TPSA) is 71.3 Å². The number of nitrogens with one attached hydrogen (secondary N) is 2. The monoisotopic (exact) mass is 314 g/mol. The maximum Gasteiger partial charge on any atom is 0.222 e. The molecule has 2 aromatic rings. The van der Waals surface area contributed by atoms with Gasteiger partial charge < -0.3 is 15.1 Å². The first-order valence-electron chi connectivity index (χ1n) is 7.62. The lowest BCUT2D eigenvalue weighted by atomic mass is 10.0. The molecular weight excluding hydrogens is 292 g/mol. The zero-order valence-corrected chi connectivity index (χ0v) is 13.6. The van der Waals surface area contributed by atoms with Gasteiger partial charge in [0.05, 0.1) is 24.8 Å². The van der Waals surface area contributed by atoms with Crippen LogP contribution in [0, 0.1) is 6.92 Å². The average Bonchev–Trinajstić information content (AvgIpc) is 3.01. The van der Waals surface area contributed by atoms with Crippen LogP contribution in [0.5, 0.6) is 0 Å². The van der Waals surface area contributed by atoms with Crippen LogP contribution in [0.4, 0.5) is 0 Å². The van der Waals surface area contributed by atoms with E-state index in [1.807, 2.05) is 44.2 Å². The van der Waals surface area contributed by atoms with Crippen molar-refractivity contribution in [2.45, 2.75) is 39.3 Å². The zero-order valence-electron chi connectivity index (χ0n) is 13.6. The highest BCUT2D eigenvalue weighted by Gasteiger charge is 2.19. The molecule has 2 amide bonds. The van der Waals surface area contributed by atoms with Crippen LogP contribution in [-0.4, -0.2) is 11.8 Å². The van der Waals surface area contributed by atoms with Gasteiger partial charge in [0.25, 0.3) is 0 Å². The van der Waals surface area contributed by atoms with E-state index >= 15 is 0 Å². The minimum Gasteiger partial charge on any atom is -0.467 e. The second-order valence-corrected chi connectivity index (χ2v) is 5.67. The minimum atomic E-state index is -0.350. The Balaban J connectivity index is 2.03. The summed E-state index contributed by atoms with van der Waals surface area (Å²) in [4.78, 5) is 23.7. The number of carbonyl (C=O) groups is 2. The summed E-state index contributed by atoms with van der Waals surface area (Å²) in [6, 6.07) is 10.8. The Hall–Kier alpha value is -2.56. The largest absolute Gasteiger partial charge is 0.467 e. The van der Waals surface area contributed by atoms with Gasteiger partial charge in [0.1, 0.15) is 5.76 Å². The van der Waals surface area contributed by atoms with Crippen molar-refractivity contribution in [1.29, 1.82) is 0 Å². The number of amides is 2. The highest BCUT2D eigenvalue weighted by atomic mass is 16.3. The second-order valence-electron chi connectivity index (χ2n) is 5.67. The van der Waals surface area contributed by atoms with Crippen LogP contribution in [0.3, 0.4) is 0 Å². The van der Waals surface area contributed by atoms with Crippen LogP contribution in [0.2, 0.25) is 0 Å². The molecule has 0 fully saturated rings. The molecule has 1 aromatic heterocycles. The molecule has 0 aliphatic carbocycles. The van der Waals surface area contributed by atoms with Crippen LogP contribution in [0.1, 0.15) is 49.2 Å². The van der Waals surface area contributed by atoms with Gasteiger partial charge in [0, 0.05) is 6.92 Å². The Bertz CT molecular complexity index is 647.